The van der Waals surface area contributed by atoms with Gasteiger partial charge in [0.15, 0.2) is 11.5 Å². The van der Waals surface area contributed by atoms with Crippen LogP contribution in [0.5, 0.6) is 11.5 Å². The van der Waals surface area contributed by atoms with E-state index in [2.05, 4.69) is 4.74 Å². The van der Waals surface area contributed by atoms with Crippen LogP contribution in [0.1, 0.15) is 6.42 Å². The van der Waals surface area contributed by atoms with Gasteiger partial charge in [-0.2, -0.15) is 8.78 Å². The molecule has 4 nitrogen and oxygen atoms in total. The van der Waals surface area contributed by atoms with Gasteiger partial charge < -0.3 is 14.6 Å². The molecule has 0 atom stereocenters. The molecule has 0 saturated carbocycles. The lowest BCUT2D eigenvalue weighted by Gasteiger charge is -2.10. The minimum absolute atomic E-state index is 0.0983. The van der Waals surface area contributed by atoms with Crippen LogP contribution in [0.3, 0.4) is 0 Å². The van der Waals surface area contributed by atoms with Gasteiger partial charge in [0.25, 0.3) is 0 Å². The molecule has 1 rings (SSSR count). The van der Waals surface area contributed by atoms with Gasteiger partial charge in [0.2, 0.25) is 0 Å². The van der Waals surface area contributed by atoms with Crippen molar-refractivity contribution < 1.29 is 28.2 Å². The maximum Gasteiger partial charge on any atom is 0.387 e. The van der Waals surface area contributed by atoms with Gasteiger partial charge in [0.05, 0.1) is 13.0 Å². The standard InChI is InChI=1S/C10H10F2O4/c11-10(12)16-8-4-2-1-3-7(8)15-6-5-9(13)14/h1-4,10H,5-6H2,(H,13,14). The molecule has 0 fully saturated rings. The van der Waals surface area contributed by atoms with Crippen LogP contribution >= 0.6 is 0 Å². The Morgan fingerprint density at radius 1 is 1.31 bits per heavy atom. The van der Waals surface area contributed by atoms with Crippen molar-refractivity contribution in [3.63, 3.8) is 0 Å². The van der Waals surface area contributed by atoms with Crippen LogP contribution in [-0.4, -0.2) is 24.3 Å². The first kappa shape index (κ1) is 12.2. The molecule has 1 aromatic rings. The van der Waals surface area contributed by atoms with Gasteiger partial charge in [-0.1, -0.05) is 12.1 Å². The highest BCUT2D eigenvalue weighted by atomic mass is 19.3. The summed E-state index contributed by atoms with van der Waals surface area (Å²) in [5.74, 6) is -1.03. The largest absolute Gasteiger partial charge is 0.489 e. The zero-order valence-corrected chi connectivity index (χ0v) is 8.23. The summed E-state index contributed by atoms with van der Waals surface area (Å²) in [4.78, 5) is 10.2. The van der Waals surface area contributed by atoms with Gasteiger partial charge in [-0.15, -0.1) is 0 Å². The van der Waals surface area contributed by atoms with Crippen LogP contribution in [0.15, 0.2) is 24.3 Å². The number of rotatable bonds is 6. The second kappa shape index (κ2) is 5.89. The number of carboxylic acid groups (broad SMARTS) is 1. The number of ether oxygens (including phenoxy) is 2. The Morgan fingerprint density at radius 3 is 2.50 bits per heavy atom. The number of halogens is 2. The van der Waals surface area contributed by atoms with Crippen LogP contribution < -0.4 is 9.47 Å². The molecule has 1 N–H and O–H groups in total. The topological polar surface area (TPSA) is 55.8 Å². The lowest BCUT2D eigenvalue weighted by molar-refractivity contribution is -0.137. The molecule has 0 radical (unpaired) electrons. The third-order valence-electron chi connectivity index (χ3n) is 1.64. The van der Waals surface area contributed by atoms with Crippen LogP contribution in [0.4, 0.5) is 8.78 Å². The second-order valence-electron chi connectivity index (χ2n) is 2.82. The maximum atomic E-state index is 12.0. The second-order valence-corrected chi connectivity index (χ2v) is 2.82. The Balaban J connectivity index is 2.60. The number of para-hydroxylation sites is 2. The number of benzene rings is 1. The molecular formula is C10H10F2O4. The number of hydrogen-bond donors (Lipinski definition) is 1. The Labute approximate surface area is 90.4 Å². The van der Waals surface area contributed by atoms with Gasteiger partial charge in [0.1, 0.15) is 0 Å². The average molecular weight is 232 g/mol. The van der Waals surface area contributed by atoms with Crippen molar-refractivity contribution in [2.75, 3.05) is 6.61 Å². The summed E-state index contributed by atoms with van der Waals surface area (Å²) in [6.07, 6.45) is -0.205. The fourth-order valence-corrected chi connectivity index (χ4v) is 1.01. The maximum absolute atomic E-state index is 12.0. The van der Waals surface area contributed by atoms with Crippen molar-refractivity contribution >= 4 is 5.97 Å². The Bertz CT molecular complexity index is 354. The first-order valence-electron chi connectivity index (χ1n) is 4.48. The number of hydrogen-bond acceptors (Lipinski definition) is 3. The molecule has 0 unspecified atom stereocenters. The fourth-order valence-electron chi connectivity index (χ4n) is 1.01. The van der Waals surface area contributed by atoms with E-state index >= 15 is 0 Å². The average Bonchev–Trinajstić information content (AvgIpc) is 2.19. The van der Waals surface area contributed by atoms with Crippen molar-refractivity contribution in [2.45, 2.75) is 13.0 Å². The molecule has 0 aromatic heterocycles. The van der Waals surface area contributed by atoms with Gasteiger partial charge in [0, 0.05) is 0 Å². The van der Waals surface area contributed by atoms with Gasteiger partial charge in [-0.25, -0.2) is 0 Å². The van der Waals surface area contributed by atoms with Crippen molar-refractivity contribution in [1.29, 1.82) is 0 Å². The lowest BCUT2D eigenvalue weighted by Crippen LogP contribution is -2.07. The molecule has 6 heteroatoms. The molecule has 1 aromatic carbocycles. The highest BCUT2D eigenvalue weighted by Crippen LogP contribution is 2.27. The number of alkyl halides is 2. The summed E-state index contributed by atoms with van der Waals surface area (Å²) in [5, 5.41) is 8.37. The summed E-state index contributed by atoms with van der Waals surface area (Å²) < 4.78 is 33.2. The van der Waals surface area contributed by atoms with E-state index in [1.54, 1.807) is 6.07 Å². The van der Waals surface area contributed by atoms with E-state index < -0.39 is 12.6 Å². The summed E-state index contributed by atoms with van der Waals surface area (Å²) >= 11 is 0. The zero-order chi connectivity index (χ0) is 12.0. The number of carbonyl (C=O) groups is 1. The van der Waals surface area contributed by atoms with E-state index in [9.17, 15) is 13.6 Å². The van der Waals surface area contributed by atoms with Crippen molar-refractivity contribution in [2.24, 2.45) is 0 Å². The molecular weight excluding hydrogens is 222 g/mol. The predicted molar refractivity (Wildman–Crippen MR) is 50.8 cm³/mol. The Morgan fingerprint density at radius 2 is 1.94 bits per heavy atom. The number of carboxylic acids is 1. The molecule has 0 saturated heterocycles. The van der Waals surface area contributed by atoms with Crippen molar-refractivity contribution in [3.05, 3.63) is 24.3 Å². The summed E-state index contributed by atoms with van der Waals surface area (Å²) in [6, 6.07) is 5.85. The molecule has 0 aliphatic carbocycles. The highest BCUT2D eigenvalue weighted by Gasteiger charge is 2.10. The Hall–Kier alpha value is -1.85. The first-order chi connectivity index (χ1) is 7.59. The quantitative estimate of drug-likeness (QED) is 0.816. The number of aliphatic carboxylic acids is 1. The van der Waals surface area contributed by atoms with E-state index in [1.807, 2.05) is 0 Å². The molecule has 0 heterocycles. The van der Waals surface area contributed by atoms with Gasteiger partial charge in [-0.05, 0) is 12.1 Å². The van der Waals surface area contributed by atoms with Crippen LogP contribution in [0.25, 0.3) is 0 Å². The van der Waals surface area contributed by atoms with E-state index in [0.29, 0.717) is 0 Å². The summed E-state index contributed by atoms with van der Waals surface area (Å²) in [7, 11) is 0. The molecule has 0 aliphatic heterocycles. The summed E-state index contributed by atoms with van der Waals surface area (Å²) in [6.45, 7) is -3.04. The Kier molecular flexibility index (Phi) is 4.50. The van der Waals surface area contributed by atoms with E-state index in [0.717, 1.165) is 0 Å². The monoisotopic (exact) mass is 232 g/mol. The molecule has 0 amide bonds. The van der Waals surface area contributed by atoms with Gasteiger partial charge in [-0.3, -0.25) is 4.79 Å². The third-order valence-corrected chi connectivity index (χ3v) is 1.64. The summed E-state index contributed by atoms with van der Waals surface area (Å²) in [5.41, 5.74) is 0. The zero-order valence-electron chi connectivity index (χ0n) is 8.23. The highest BCUT2D eigenvalue weighted by molar-refractivity contribution is 5.66. The van der Waals surface area contributed by atoms with E-state index in [1.165, 1.54) is 18.2 Å². The van der Waals surface area contributed by atoms with Gasteiger partial charge >= 0.3 is 12.6 Å². The third kappa shape index (κ3) is 4.12. The minimum Gasteiger partial charge on any atom is -0.489 e. The molecule has 16 heavy (non-hydrogen) atoms. The van der Waals surface area contributed by atoms with Crippen LogP contribution in [0.2, 0.25) is 0 Å². The first-order valence-corrected chi connectivity index (χ1v) is 4.48. The van der Waals surface area contributed by atoms with Crippen molar-refractivity contribution in [1.82, 2.24) is 0 Å². The predicted octanol–water partition coefficient (Wildman–Crippen LogP) is 2.14. The molecule has 0 aliphatic rings. The van der Waals surface area contributed by atoms with Crippen LogP contribution in [0, 0.1) is 0 Å². The SMILES string of the molecule is O=C(O)CCOc1ccccc1OC(F)F. The van der Waals surface area contributed by atoms with Crippen molar-refractivity contribution in [3.8, 4) is 11.5 Å². The molecule has 0 spiro atoms. The van der Waals surface area contributed by atoms with Crippen LogP contribution in [-0.2, 0) is 4.79 Å². The molecule has 88 valence electrons. The lowest BCUT2D eigenvalue weighted by atomic mass is 10.3. The minimum atomic E-state index is -2.94. The smallest absolute Gasteiger partial charge is 0.387 e. The van der Waals surface area contributed by atoms with E-state index in [4.69, 9.17) is 9.84 Å². The molecule has 0 bridgehead atoms. The van der Waals surface area contributed by atoms with E-state index in [-0.39, 0.29) is 24.5 Å². The normalized spacial score (nSPS) is 10.2. The fraction of sp³-hybridized carbons (Fsp3) is 0.300.